The van der Waals surface area contributed by atoms with E-state index in [4.69, 9.17) is 4.74 Å². The molecular weight excluding hydrogens is 325 g/mol. The molecule has 3 rings (SSSR count). The second kappa shape index (κ2) is 5.82. The van der Waals surface area contributed by atoms with Gasteiger partial charge in [-0.15, -0.1) is 0 Å². The Morgan fingerprint density at radius 3 is 3.05 bits per heavy atom. The third-order valence-corrected chi connectivity index (χ3v) is 4.82. The normalized spacial score (nSPS) is 23.3. The summed E-state index contributed by atoms with van der Waals surface area (Å²) in [5.74, 6) is -0.315. The zero-order chi connectivity index (χ0) is 14.1. The number of hydrogen-bond donors (Lipinski definition) is 1. The fraction of sp³-hybridized carbons (Fsp3) is 0.533. The van der Waals surface area contributed by atoms with Crippen LogP contribution in [0, 0.1) is 5.82 Å². The zero-order valence-electron chi connectivity index (χ0n) is 11.1. The summed E-state index contributed by atoms with van der Waals surface area (Å²) in [6.45, 7) is 0.809. The highest BCUT2D eigenvalue weighted by atomic mass is 79.9. The molecule has 1 N–H and O–H groups in total. The Kier molecular flexibility index (Phi) is 4.08. The van der Waals surface area contributed by atoms with E-state index in [1.165, 1.54) is 6.07 Å². The number of benzene rings is 1. The van der Waals surface area contributed by atoms with Crippen LogP contribution in [0.4, 0.5) is 10.1 Å². The van der Waals surface area contributed by atoms with E-state index in [0.29, 0.717) is 24.1 Å². The quantitative estimate of drug-likeness (QED) is 0.851. The summed E-state index contributed by atoms with van der Waals surface area (Å²) in [5.41, 5.74) is 2.28. The molecule has 1 aromatic carbocycles. The molecular formula is C15H17BrFNO2. The average molecular weight is 342 g/mol. The lowest BCUT2D eigenvalue weighted by Crippen LogP contribution is -2.20. The van der Waals surface area contributed by atoms with Crippen LogP contribution in [0.15, 0.2) is 12.1 Å². The van der Waals surface area contributed by atoms with Crippen molar-refractivity contribution >= 4 is 27.5 Å². The number of fused-ring (bicyclic) bond motifs is 1. The first-order valence-corrected chi connectivity index (χ1v) is 7.93. The molecule has 2 atom stereocenters. The van der Waals surface area contributed by atoms with E-state index >= 15 is 0 Å². The van der Waals surface area contributed by atoms with Crippen LogP contribution in [0.3, 0.4) is 0 Å². The molecule has 2 aliphatic heterocycles. The molecule has 20 heavy (non-hydrogen) atoms. The Morgan fingerprint density at radius 1 is 1.45 bits per heavy atom. The molecule has 0 saturated carbocycles. The van der Waals surface area contributed by atoms with Gasteiger partial charge in [-0.3, -0.25) is 4.79 Å². The lowest BCUT2D eigenvalue weighted by Gasteiger charge is -2.21. The first kappa shape index (κ1) is 14.0. The maximum Gasteiger partial charge on any atom is 0.224 e. The molecule has 1 fully saturated rings. The van der Waals surface area contributed by atoms with E-state index < -0.39 is 0 Å². The lowest BCUT2D eigenvalue weighted by molar-refractivity contribution is -0.116. The van der Waals surface area contributed by atoms with E-state index in [-0.39, 0.29) is 22.7 Å². The molecule has 108 valence electrons. The maximum atomic E-state index is 14.2. The Balaban J connectivity index is 1.80. The number of carbonyl (C=O) groups excluding carboxylic acids is 1. The van der Waals surface area contributed by atoms with Gasteiger partial charge in [0, 0.05) is 29.1 Å². The summed E-state index contributed by atoms with van der Waals surface area (Å²) in [6, 6.07) is 3.31. The Hall–Kier alpha value is -0.940. The summed E-state index contributed by atoms with van der Waals surface area (Å²) < 4.78 is 19.8. The Morgan fingerprint density at radius 2 is 2.30 bits per heavy atom. The molecule has 1 saturated heterocycles. The van der Waals surface area contributed by atoms with Gasteiger partial charge in [0.25, 0.3) is 0 Å². The molecule has 0 bridgehead atoms. The number of aryl methyl sites for hydroxylation is 1. The highest BCUT2D eigenvalue weighted by Gasteiger charge is 2.24. The summed E-state index contributed by atoms with van der Waals surface area (Å²) in [6.07, 6.45) is 4.27. The van der Waals surface area contributed by atoms with Crippen molar-refractivity contribution in [2.75, 3.05) is 11.9 Å². The maximum absolute atomic E-state index is 14.2. The first-order chi connectivity index (χ1) is 9.63. The van der Waals surface area contributed by atoms with Crippen LogP contribution in [0.2, 0.25) is 0 Å². The van der Waals surface area contributed by atoms with Gasteiger partial charge in [-0.25, -0.2) is 4.39 Å². The predicted octanol–water partition coefficient (Wildman–Crippen LogP) is 3.72. The second-order valence-corrected chi connectivity index (χ2v) is 6.52. The molecule has 3 nitrogen and oxygen atoms in total. The van der Waals surface area contributed by atoms with Gasteiger partial charge in [-0.2, -0.15) is 0 Å². The van der Waals surface area contributed by atoms with E-state index in [1.807, 2.05) is 6.07 Å². The predicted molar refractivity (Wildman–Crippen MR) is 78.6 cm³/mol. The van der Waals surface area contributed by atoms with Crippen LogP contribution in [0.5, 0.6) is 0 Å². The summed E-state index contributed by atoms with van der Waals surface area (Å²) in [4.78, 5) is 11.3. The van der Waals surface area contributed by atoms with Crippen LogP contribution in [0.25, 0.3) is 0 Å². The minimum atomic E-state index is -0.272. The number of ether oxygens (including phenoxy) is 1. The molecule has 1 amide bonds. The molecule has 2 aliphatic rings. The highest BCUT2D eigenvalue weighted by Crippen LogP contribution is 2.36. The average Bonchev–Trinajstić information content (AvgIpc) is 2.90. The van der Waals surface area contributed by atoms with Crippen molar-refractivity contribution in [3.05, 3.63) is 29.1 Å². The van der Waals surface area contributed by atoms with Gasteiger partial charge in [-0.05, 0) is 43.4 Å². The lowest BCUT2D eigenvalue weighted by atomic mass is 9.97. The Labute approximate surface area is 126 Å². The summed E-state index contributed by atoms with van der Waals surface area (Å²) in [5, 5.41) is 2.72. The third-order valence-electron chi connectivity index (χ3n) is 3.95. The standard InChI is InChI=1S/C15H17BrFNO2/c16-12(7-10-2-1-5-20-10)11-6-9-3-4-15(19)18-14(9)8-13(11)17/h6,8,10,12H,1-5,7H2,(H,18,19). The molecule has 5 heteroatoms. The van der Waals surface area contributed by atoms with Crippen molar-refractivity contribution in [2.45, 2.75) is 43.0 Å². The minimum Gasteiger partial charge on any atom is -0.378 e. The minimum absolute atomic E-state index is 0.0422. The van der Waals surface area contributed by atoms with E-state index in [2.05, 4.69) is 21.2 Å². The molecule has 0 aromatic heterocycles. The molecule has 2 unspecified atom stereocenters. The van der Waals surface area contributed by atoms with Crippen LogP contribution in [-0.2, 0) is 16.0 Å². The Bertz CT molecular complexity index is 529. The van der Waals surface area contributed by atoms with Crippen molar-refractivity contribution in [3.8, 4) is 0 Å². The van der Waals surface area contributed by atoms with Gasteiger partial charge in [-0.1, -0.05) is 15.9 Å². The number of hydrogen-bond acceptors (Lipinski definition) is 2. The number of halogens is 2. The monoisotopic (exact) mass is 341 g/mol. The van der Waals surface area contributed by atoms with Crippen LogP contribution in [-0.4, -0.2) is 18.6 Å². The van der Waals surface area contributed by atoms with E-state index in [1.54, 1.807) is 0 Å². The van der Waals surface area contributed by atoms with Crippen molar-refractivity contribution in [1.29, 1.82) is 0 Å². The van der Waals surface area contributed by atoms with Crippen molar-refractivity contribution < 1.29 is 13.9 Å². The topological polar surface area (TPSA) is 38.3 Å². The number of anilines is 1. The molecule has 2 heterocycles. The number of nitrogens with one attached hydrogen (secondary N) is 1. The van der Waals surface area contributed by atoms with Gasteiger partial charge < -0.3 is 10.1 Å². The molecule has 0 radical (unpaired) electrons. The van der Waals surface area contributed by atoms with Crippen molar-refractivity contribution in [2.24, 2.45) is 0 Å². The largest absolute Gasteiger partial charge is 0.378 e. The van der Waals surface area contributed by atoms with Gasteiger partial charge in [0.2, 0.25) is 5.91 Å². The summed E-state index contributed by atoms with van der Waals surface area (Å²) in [7, 11) is 0. The first-order valence-electron chi connectivity index (χ1n) is 7.01. The van der Waals surface area contributed by atoms with Gasteiger partial charge in [0.05, 0.1) is 6.10 Å². The zero-order valence-corrected chi connectivity index (χ0v) is 12.7. The second-order valence-electron chi connectivity index (χ2n) is 5.42. The fourth-order valence-electron chi connectivity index (χ4n) is 2.85. The van der Waals surface area contributed by atoms with Crippen molar-refractivity contribution in [1.82, 2.24) is 0 Å². The SMILES string of the molecule is O=C1CCc2cc(C(Br)CC3CCCO3)c(F)cc2N1. The molecule has 1 aromatic rings. The van der Waals surface area contributed by atoms with Crippen LogP contribution in [0.1, 0.15) is 41.6 Å². The fourth-order valence-corrected chi connectivity index (χ4v) is 3.62. The van der Waals surface area contributed by atoms with E-state index in [9.17, 15) is 9.18 Å². The van der Waals surface area contributed by atoms with Gasteiger partial charge in [0.15, 0.2) is 0 Å². The van der Waals surface area contributed by atoms with Crippen LogP contribution < -0.4 is 5.32 Å². The number of rotatable bonds is 3. The smallest absolute Gasteiger partial charge is 0.224 e. The third kappa shape index (κ3) is 2.88. The number of amides is 1. The number of carbonyl (C=O) groups is 1. The van der Waals surface area contributed by atoms with Crippen LogP contribution >= 0.6 is 15.9 Å². The van der Waals surface area contributed by atoms with Gasteiger partial charge in [0.1, 0.15) is 5.82 Å². The van der Waals surface area contributed by atoms with E-state index in [0.717, 1.165) is 31.4 Å². The number of alkyl halides is 1. The van der Waals surface area contributed by atoms with Gasteiger partial charge >= 0.3 is 0 Å². The van der Waals surface area contributed by atoms with Crippen molar-refractivity contribution in [3.63, 3.8) is 0 Å². The molecule has 0 spiro atoms. The highest BCUT2D eigenvalue weighted by molar-refractivity contribution is 9.09. The molecule has 0 aliphatic carbocycles. The summed E-state index contributed by atoms with van der Waals surface area (Å²) >= 11 is 3.58.